The summed E-state index contributed by atoms with van der Waals surface area (Å²) in [6, 6.07) is 14.9. The second kappa shape index (κ2) is 10.2. The molecule has 27 heavy (non-hydrogen) atoms. The first-order valence-corrected chi connectivity index (χ1v) is 9.11. The molecule has 0 saturated heterocycles. The number of methoxy groups -OCH3 is 1. The largest absolute Gasteiger partial charge is 0.497 e. The molecule has 2 rings (SSSR count). The summed E-state index contributed by atoms with van der Waals surface area (Å²) in [6.45, 7) is 4.26. The van der Waals surface area contributed by atoms with Gasteiger partial charge in [-0.3, -0.25) is 9.59 Å². The summed E-state index contributed by atoms with van der Waals surface area (Å²) in [5.41, 5.74) is 2.07. The van der Waals surface area contributed by atoms with E-state index in [0.717, 1.165) is 17.9 Å². The number of ether oxygens (including phenoxy) is 1. The number of hydrogen-bond acceptors (Lipinski definition) is 4. The molecule has 6 heteroatoms. The molecule has 0 saturated carbocycles. The molecule has 0 heterocycles. The number of nitrogens with one attached hydrogen (secondary N) is 3. The van der Waals surface area contributed by atoms with Crippen LogP contribution in [0, 0.1) is 0 Å². The van der Waals surface area contributed by atoms with Crippen molar-refractivity contribution in [2.75, 3.05) is 19.0 Å². The number of carbonyl (C=O) groups is 2. The molecule has 2 aromatic carbocycles. The Hall–Kier alpha value is -3.02. The molecule has 0 spiro atoms. The Bertz CT molecular complexity index is 760. The number of benzene rings is 2. The van der Waals surface area contributed by atoms with Crippen molar-refractivity contribution in [1.29, 1.82) is 0 Å². The van der Waals surface area contributed by atoms with Gasteiger partial charge in [0, 0.05) is 24.7 Å². The van der Waals surface area contributed by atoms with Gasteiger partial charge in [-0.05, 0) is 49.7 Å². The van der Waals surface area contributed by atoms with Crippen molar-refractivity contribution < 1.29 is 14.3 Å². The molecule has 2 amide bonds. The van der Waals surface area contributed by atoms with E-state index >= 15 is 0 Å². The summed E-state index contributed by atoms with van der Waals surface area (Å²) in [7, 11) is 1.62. The van der Waals surface area contributed by atoms with Crippen LogP contribution in [0.1, 0.15) is 37.0 Å². The lowest BCUT2D eigenvalue weighted by atomic mass is 10.1. The molecule has 144 valence electrons. The van der Waals surface area contributed by atoms with Crippen LogP contribution >= 0.6 is 0 Å². The zero-order valence-electron chi connectivity index (χ0n) is 16.0. The van der Waals surface area contributed by atoms with E-state index in [0.29, 0.717) is 11.3 Å². The van der Waals surface area contributed by atoms with Crippen LogP contribution in [0.5, 0.6) is 5.75 Å². The number of anilines is 2. The molecular formula is C21H27N3O3. The lowest BCUT2D eigenvalue weighted by Gasteiger charge is -2.13. The van der Waals surface area contributed by atoms with Gasteiger partial charge in [-0.15, -0.1) is 0 Å². The predicted molar refractivity (Wildman–Crippen MR) is 108 cm³/mol. The number of carbonyl (C=O) groups excluding carboxylic acids is 2. The third-order valence-electron chi connectivity index (χ3n) is 4.20. The molecule has 3 N–H and O–H groups in total. The Kier molecular flexibility index (Phi) is 7.67. The molecule has 0 aliphatic heterocycles. The fourth-order valence-electron chi connectivity index (χ4n) is 2.45. The van der Waals surface area contributed by atoms with E-state index in [1.807, 2.05) is 56.3 Å². The first kappa shape index (κ1) is 20.3. The molecule has 0 aromatic heterocycles. The third kappa shape index (κ3) is 6.33. The van der Waals surface area contributed by atoms with E-state index in [1.54, 1.807) is 13.2 Å². The van der Waals surface area contributed by atoms with Crippen molar-refractivity contribution in [3.8, 4) is 5.75 Å². The van der Waals surface area contributed by atoms with Gasteiger partial charge in [0.05, 0.1) is 18.4 Å². The molecule has 2 aromatic rings. The Balaban J connectivity index is 1.95. The van der Waals surface area contributed by atoms with Crippen molar-refractivity contribution in [2.45, 2.75) is 32.7 Å². The van der Waals surface area contributed by atoms with Crippen molar-refractivity contribution in [1.82, 2.24) is 10.6 Å². The summed E-state index contributed by atoms with van der Waals surface area (Å²) >= 11 is 0. The van der Waals surface area contributed by atoms with Gasteiger partial charge >= 0.3 is 0 Å². The van der Waals surface area contributed by atoms with Crippen molar-refractivity contribution in [3.63, 3.8) is 0 Å². The van der Waals surface area contributed by atoms with Crippen LogP contribution in [-0.4, -0.2) is 31.5 Å². The monoisotopic (exact) mass is 369 g/mol. The smallest absolute Gasteiger partial charge is 0.253 e. The molecule has 0 bridgehead atoms. The number of amides is 2. The first-order valence-electron chi connectivity index (χ1n) is 9.11. The van der Waals surface area contributed by atoms with E-state index in [4.69, 9.17) is 4.74 Å². The van der Waals surface area contributed by atoms with Gasteiger partial charge in [-0.2, -0.15) is 0 Å². The first-order chi connectivity index (χ1) is 13.0. The van der Waals surface area contributed by atoms with Gasteiger partial charge in [0.2, 0.25) is 5.91 Å². The lowest BCUT2D eigenvalue weighted by molar-refractivity contribution is -0.121. The molecule has 0 aliphatic rings. The van der Waals surface area contributed by atoms with Gasteiger partial charge in [0.1, 0.15) is 5.75 Å². The van der Waals surface area contributed by atoms with E-state index in [9.17, 15) is 9.59 Å². The van der Waals surface area contributed by atoms with E-state index in [2.05, 4.69) is 16.0 Å². The highest BCUT2D eigenvalue weighted by molar-refractivity contribution is 6.00. The Morgan fingerprint density at radius 3 is 2.44 bits per heavy atom. The molecule has 0 radical (unpaired) electrons. The van der Waals surface area contributed by atoms with E-state index in [1.165, 1.54) is 0 Å². The highest BCUT2D eigenvalue weighted by Crippen LogP contribution is 2.22. The second-order valence-corrected chi connectivity index (χ2v) is 6.28. The molecule has 0 aliphatic carbocycles. The van der Waals surface area contributed by atoms with Gasteiger partial charge in [-0.25, -0.2) is 0 Å². The average molecular weight is 369 g/mol. The summed E-state index contributed by atoms with van der Waals surface area (Å²) in [5, 5.41) is 8.93. The fraction of sp³-hybridized carbons (Fsp3) is 0.333. The zero-order chi connectivity index (χ0) is 19.6. The SMILES string of the molecule is CCC(C)NC(=O)CCNC(=O)c1ccccc1Nc1ccc(OC)cc1. The van der Waals surface area contributed by atoms with Crippen LogP contribution in [-0.2, 0) is 4.79 Å². The minimum atomic E-state index is -0.219. The second-order valence-electron chi connectivity index (χ2n) is 6.28. The van der Waals surface area contributed by atoms with Crippen LogP contribution in [0.25, 0.3) is 0 Å². The third-order valence-corrected chi connectivity index (χ3v) is 4.20. The zero-order valence-corrected chi connectivity index (χ0v) is 16.0. The minimum absolute atomic E-state index is 0.0608. The highest BCUT2D eigenvalue weighted by Gasteiger charge is 2.12. The highest BCUT2D eigenvalue weighted by atomic mass is 16.5. The summed E-state index contributed by atoms with van der Waals surface area (Å²) in [5.74, 6) is 0.486. The molecule has 0 fully saturated rings. The molecule has 1 unspecified atom stereocenters. The standard InChI is InChI=1S/C21H27N3O3/c1-4-15(2)23-20(25)13-14-22-21(26)18-7-5-6-8-19(18)24-16-9-11-17(27-3)12-10-16/h5-12,15,24H,4,13-14H2,1-3H3,(H,22,26)(H,23,25). The quantitative estimate of drug-likeness (QED) is 0.632. The number of hydrogen-bond donors (Lipinski definition) is 3. The maximum atomic E-state index is 12.5. The Labute approximate surface area is 160 Å². The number of rotatable bonds is 9. The van der Waals surface area contributed by atoms with Crippen molar-refractivity contribution >= 4 is 23.2 Å². The summed E-state index contributed by atoms with van der Waals surface area (Å²) in [6.07, 6.45) is 1.13. The van der Waals surface area contributed by atoms with Crippen molar-refractivity contribution in [3.05, 3.63) is 54.1 Å². The van der Waals surface area contributed by atoms with E-state index < -0.39 is 0 Å². The van der Waals surface area contributed by atoms with Crippen LogP contribution in [0.3, 0.4) is 0 Å². The Morgan fingerprint density at radius 1 is 1.07 bits per heavy atom. The van der Waals surface area contributed by atoms with Crippen LogP contribution in [0.4, 0.5) is 11.4 Å². The Morgan fingerprint density at radius 2 is 1.78 bits per heavy atom. The van der Waals surface area contributed by atoms with Gasteiger partial charge in [0.25, 0.3) is 5.91 Å². The molecule has 1 atom stereocenters. The van der Waals surface area contributed by atoms with Gasteiger partial charge < -0.3 is 20.7 Å². The maximum absolute atomic E-state index is 12.5. The predicted octanol–water partition coefficient (Wildman–Crippen LogP) is 3.47. The minimum Gasteiger partial charge on any atom is -0.497 e. The summed E-state index contributed by atoms with van der Waals surface area (Å²) in [4.78, 5) is 24.3. The lowest BCUT2D eigenvalue weighted by Crippen LogP contribution is -2.35. The van der Waals surface area contributed by atoms with Gasteiger partial charge in [-0.1, -0.05) is 19.1 Å². The molecular weight excluding hydrogens is 342 g/mol. The summed E-state index contributed by atoms with van der Waals surface area (Å²) < 4.78 is 5.15. The number of para-hydroxylation sites is 1. The van der Waals surface area contributed by atoms with Crippen LogP contribution in [0.2, 0.25) is 0 Å². The normalized spacial score (nSPS) is 11.4. The van der Waals surface area contributed by atoms with E-state index in [-0.39, 0.29) is 30.8 Å². The topological polar surface area (TPSA) is 79.5 Å². The fourth-order valence-corrected chi connectivity index (χ4v) is 2.45. The van der Waals surface area contributed by atoms with Gasteiger partial charge in [0.15, 0.2) is 0 Å². The van der Waals surface area contributed by atoms with Crippen molar-refractivity contribution in [2.24, 2.45) is 0 Å². The molecule has 6 nitrogen and oxygen atoms in total. The van der Waals surface area contributed by atoms with Crippen LogP contribution < -0.4 is 20.7 Å². The maximum Gasteiger partial charge on any atom is 0.253 e. The van der Waals surface area contributed by atoms with Crippen LogP contribution in [0.15, 0.2) is 48.5 Å². The average Bonchev–Trinajstić information content (AvgIpc) is 2.68.